The Balaban J connectivity index is 1.44. The van der Waals surface area contributed by atoms with Gasteiger partial charge < -0.3 is 15.1 Å². The Morgan fingerprint density at radius 2 is 1.91 bits per heavy atom. The molecule has 1 saturated heterocycles. The van der Waals surface area contributed by atoms with Crippen molar-refractivity contribution in [1.29, 1.82) is 0 Å². The van der Waals surface area contributed by atoms with Crippen LogP contribution in [0.4, 0.5) is 24.5 Å². The highest BCUT2D eigenvalue weighted by atomic mass is 19.4. The van der Waals surface area contributed by atoms with E-state index in [9.17, 15) is 18.0 Å². The fourth-order valence-electron chi connectivity index (χ4n) is 5.11. The molecule has 5 nitrogen and oxygen atoms in total. The lowest BCUT2D eigenvalue weighted by atomic mass is 9.82. The molecular formula is C27H27F3N4O. The molecular weight excluding hydrogens is 453 g/mol. The van der Waals surface area contributed by atoms with Crippen molar-refractivity contribution in [3.05, 3.63) is 89.2 Å². The van der Waals surface area contributed by atoms with Gasteiger partial charge >= 0.3 is 6.18 Å². The molecule has 1 N–H and O–H groups in total. The number of hydrogen-bond donors (Lipinski definition) is 1. The molecule has 0 unspecified atom stereocenters. The van der Waals surface area contributed by atoms with E-state index in [0.29, 0.717) is 25.2 Å². The maximum absolute atomic E-state index is 13.4. The third-order valence-corrected chi connectivity index (χ3v) is 6.96. The van der Waals surface area contributed by atoms with Crippen LogP contribution in [0.3, 0.4) is 0 Å². The summed E-state index contributed by atoms with van der Waals surface area (Å²) < 4.78 is 40.3. The normalized spacial score (nSPS) is 19.7. The number of nitrogens with one attached hydrogen (secondary N) is 1. The fourth-order valence-corrected chi connectivity index (χ4v) is 5.11. The van der Waals surface area contributed by atoms with Crippen LogP contribution in [-0.4, -0.2) is 36.6 Å². The number of carbonyl (C=O) groups excluding carboxylic acids is 1. The minimum Gasteiger partial charge on any atom is -0.368 e. The molecule has 2 aromatic carbocycles. The van der Waals surface area contributed by atoms with Crippen molar-refractivity contribution in [3.8, 4) is 0 Å². The Morgan fingerprint density at radius 3 is 2.63 bits per heavy atom. The maximum Gasteiger partial charge on any atom is 0.416 e. The molecule has 0 aliphatic carbocycles. The molecule has 1 amide bonds. The minimum atomic E-state index is -4.42. The van der Waals surface area contributed by atoms with Gasteiger partial charge in [-0.3, -0.25) is 9.78 Å². The van der Waals surface area contributed by atoms with Crippen LogP contribution >= 0.6 is 0 Å². The van der Waals surface area contributed by atoms with Gasteiger partial charge in [-0.15, -0.1) is 0 Å². The van der Waals surface area contributed by atoms with Gasteiger partial charge in [0.25, 0.3) is 0 Å². The second kappa shape index (κ2) is 9.24. The van der Waals surface area contributed by atoms with Gasteiger partial charge in [0, 0.05) is 49.9 Å². The summed E-state index contributed by atoms with van der Waals surface area (Å²) >= 11 is 0. The number of piperazine rings is 1. The second-order valence-corrected chi connectivity index (χ2v) is 9.27. The first-order chi connectivity index (χ1) is 16.8. The van der Waals surface area contributed by atoms with Crippen molar-refractivity contribution in [2.24, 2.45) is 5.92 Å². The van der Waals surface area contributed by atoms with E-state index in [-0.39, 0.29) is 18.4 Å². The topological polar surface area (TPSA) is 48.5 Å². The molecule has 2 atom stereocenters. The molecule has 0 bridgehead atoms. The van der Waals surface area contributed by atoms with Gasteiger partial charge in [0.05, 0.1) is 17.5 Å². The van der Waals surface area contributed by atoms with Crippen LogP contribution in [0.25, 0.3) is 0 Å². The zero-order chi connectivity index (χ0) is 24.6. The quantitative estimate of drug-likeness (QED) is 0.594. The van der Waals surface area contributed by atoms with Gasteiger partial charge in [-0.05, 0) is 60.9 Å². The molecule has 8 heteroatoms. The van der Waals surface area contributed by atoms with E-state index < -0.39 is 17.7 Å². The van der Waals surface area contributed by atoms with Crippen LogP contribution in [0, 0.1) is 12.8 Å². The lowest BCUT2D eigenvalue weighted by Gasteiger charge is -2.49. The van der Waals surface area contributed by atoms with E-state index in [2.05, 4.69) is 44.4 Å². The first-order valence-corrected chi connectivity index (χ1v) is 11.7. The first-order valence-electron chi connectivity index (χ1n) is 11.7. The minimum absolute atomic E-state index is 0.150. The maximum atomic E-state index is 13.4. The van der Waals surface area contributed by atoms with Gasteiger partial charge in [-0.2, -0.15) is 13.2 Å². The standard InChI is InChI=1S/C27H27F3N4O/c1-18-4-7-22(8-5-18)33-11-12-34-24-9-6-21(27(28,29)30)13-20(24)14-23(25(34)17-33)26(35)32-16-19-3-2-10-31-15-19/h2-10,13,15,23,25H,11-12,14,16-17H2,1H3,(H,32,35)/t23-,25-/m0/s1. The van der Waals surface area contributed by atoms with Crippen LogP contribution in [0.5, 0.6) is 0 Å². The number of carbonyl (C=O) groups is 1. The number of amides is 1. The van der Waals surface area contributed by atoms with Gasteiger partial charge in [0.2, 0.25) is 5.91 Å². The number of aryl methyl sites for hydroxylation is 1. The molecule has 0 saturated carbocycles. The number of rotatable bonds is 4. The summed E-state index contributed by atoms with van der Waals surface area (Å²) in [7, 11) is 0. The molecule has 35 heavy (non-hydrogen) atoms. The Hall–Kier alpha value is -3.55. The lowest BCUT2D eigenvalue weighted by molar-refractivity contribution is -0.137. The number of halogens is 3. The predicted octanol–water partition coefficient (Wildman–Crippen LogP) is 4.59. The molecule has 3 aromatic rings. The third-order valence-electron chi connectivity index (χ3n) is 6.96. The van der Waals surface area contributed by atoms with E-state index in [4.69, 9.17) is 0 Å². The molecule has 1 fully saturated rings. The Morgan fingerprint density at radius 1 is 1.11 bits per heavy atom. The van der Waals surface area contributed by atoms with Crippen molar-refractivity contribution in [1.82, 2.24) is 10.3 Å². The SMILES string of the molecule is Cc1ccc(N2CCN3c4ccc(C(F)(F)F)cc4C[C@H](C(=O)NCc4cccnc4)[C@@H]3C2)cc1. The van der Waals surface area contributed by atoms with E-state index in [1.54, 1.807) is 24.5 Å². The highest BCUT2D eigenvalue weighted by molar-refractivity contribution is 5.82. The van der Waals surface area contributed by atoms with Crippen LogP contribution < -0.4 is 15.1 Å². The Bertz CT molecular complexity index is 1200. The van der Waals surface area contributed by atoms with Crippen molar-refractivity contribution in [2.45, 2.75) is 32.1 Å². The molecule has 2 aliphatic heterocycles. The van der Waals surface area contributed by atoms with Crippen LogP contribution in [-0.2, 0) is 23.9 Å². The van der Waals surface area contributed by atoms with Gasteiger partial charge in [0.1, 0.15) is 0 Å². The number of alkyl halides is 3. The number of pyridine rings is 1. The van der Waals surface area contributed by atoms with Crippen LogP contribution in [0.2, 0.25) is 0 Å². The molecule has 0 spiro atoms. The Labute approximate surface area is 202 Å². The second-order valence-electron chi connectivity index (χ2n) is 9.27. The smallest absolute Gasteiger partial charge is 0.368 e. The number of fused-ring (bicyclic) bond motifs is 3. The number of nitrogens with zero attached hydrogens (tertiary/aromatic N) is 3. The number of aromatic nitrogens is 1. The van der Waals surface area contributed by atoms with Crippen molar-refractivity contribution in [3.63, 3.8) is 0 Å². The van der Waals surface area contributed by atoms with Crippen LogP contribution in [0.15, 0.2) is 67.0 Å². The summed E-state index contributed by atoms with van der Waals surface area (Å²) in [5.74, 6) is -0.631. The third kappa shape index (κ3) is 4.83. The summed E-state index contributed by atoms with van der Waals surface area (Å²) in [4.78, 5) is 21.9. The summed E-state index contributed by atoms with van der Waals surface area (Å²) in [6.45, 7) is 4.34. The van der Waals surface area contributed by atoms with E-state index in [0.717, 1.165) is 29.5 Å². The average molecular weight is 481 g/mol. The predicted molar refractivity (Wildman–Crippen MR) is 129 cm³/mol. The molecule has 2 aliphatic rings. The fraction of sp³-hybridized carbons (Fsp3) is 0.333. The first kappa shape index (κ1) is 23.2. The molecule has 5 rings (SSSR count). The van der Waals surface area contributed by atoms with Crippen molar-refractivity contribution in [2.75, 3.05) is 29.4 Å². The van der Waals surface area contributed by atoms with Gasteiger partial charge in [-0.1, -0.05) is 23.8 Å². The molecule has 0 radical (unpaired) electrons. The summed E-state index contributed by atoms with van der Waals surface area (Å²) in [5, 5.41) is 2.99. The molecule has 3 heterocycles. The lowest BCUT2D eigenvalue weighted by Crippen LogP contribution is -2.61. The van der Waals surface area contributed by atoms with Crippen LogP contribution in [0.1, 0.15) is 22.3 Å². The summed E-state index contributed by atoms with van der Waals surface area (Å²) in [5.41, 5.74) is 3.82. The van der Waals surface area contributed by atoms with Crippen molar-refractivity contribution >= 4 is 17.3 Å². The molecule has 1 aromatic heterocycles. The Kier molecular flexibility index (Phi) is 6.13. The van der Waals surface area contributed by atoms with E-state index >= 15 is 0 Å². The highest BCUT2D eigenvalue weighted by Crippen LogP contribution is 2.40. The van der Waals surface area contributed by atoms with Gasteiger partial charge in [-0.25, -0.2) is 0 Å². The summed E-state index contributed by atoms with van der Waals surface area (Å²) in [6.07, 6.45) is -0.797. The summed E-state index contributed by atoms with van der Waals surface area (Å²) in [6, 6.07) is 15.7. The van der Waals surface area contributed by atoms with Gasteiger partial charge in [0.15, 0.2) is 0 Å². The van der Waals surface area contributed by atoms with E-state index in [1.807, 2.05) is 13.0 Å². The highest BCUT2D eigenvalue weighted by Gasteiger charge is 2.42. The zero-order valence-electron chi connectivity index (χ0n) is 19.4. The largest absolute Gasteiger partial charge is 0.416 e. The number of anilines is 2. The zero-order valence-corrected chi connectivity index (χ0v) is 19.4. The van der Waals surface area contributed by atoms with E-state index in [1.165, 1.54) is 11.6 Å². The average Bonchev–Trinajstić information content (AvgIpc) is 2.86. The monoisotopic (exact) mass is 480 g/mol. The van der Waals surface area contributed by atoms with Crippen molar-refractivity contribution < 1.29 is 18.0 Å². The number of benzene rings is 2. The molecule has 182 valence electrons. The number of hydrogen-bond acceptors (Lipinski definition) is 4.